The Bertz CT molecular complexity index is 1580. The van der Waals surface area contributed by atoms with E-state index < -0.39 is 17.9 Å². The van der Waals surface area contributed by atoms with E-state index in [0.717, 1.165) is 33.2 Å². The molecule has 9 nitrogen and oxygen atoms in total. The Morgan fingerprint density at radius 3 is 2.10 bits per heavy atom. The molecule has 0 radical (unpaired) electrons. The van der Waals surface area contributed by atoms with Crippen LogP contribution in [0, 0.1) is 5.92 Å². The van der Waals surface area contributed by atoms with Gasteiger partial charge in [-0.3, -0.25) is 29.1 Å². The molecule has 0 aromatic heterocycles. The second kappa shape index (κ2) is 18.6. The van der Waals surface area contributed by atoms with Gasteiger partial charge in [0.05, 0.1) is 36.1 Å². The Labute approximate surface area is 284 Å². The van der Waals surface area contributed by atoms with Gasteiger partial charge >= 0.3 is 0 Å². The maximum Gasteiger partial charge on any atom is 0.262 e. The molecule has 0 aliphatic carbocycles. The predicted molar refractivity (Wildman–Crippen MR) is 189 cm³/mol. The van der Waals surface area contributed by atoms with Crippen LogP contribution >= 0.6 is 0 Å². The number of hydrogen-bond acceptors (Lipinski definition) is 8. The number of hydrogen-bond donors (Lipinski definition) is 0. The first kappa shape index (κ1) is 37.8. The molecule has 0 N–H and O–H groups in total. The monoisotopic (exact) mass is 656 g/mol. The quantitative estimate of drug-likeness (QED) is 0.0668. The summed E-state index contributed by atoms with van der Waals surface area (Å²) in [5, 5.41) is 0. The Morgan fingerprint density at radius 2 is 1.50 bits per heavy atom. The molecule has 2 aromatic carbocycles. The Morgan fingerprint density at radius 1 is 0.875 bits per heavy atom. The summed E-state index contributed by atoms with van der Waals surface area (Å²) < 4.78 is 17.2. The van der Waals surface area contributed by atoms with Crippen molar-refractivity contribution in [3.63, 3.8) is 0 Å². The van der Waals surface area contributed by atoms with Gasteiger partial charge in [0, 0.05) is 24.1 Å². The normalized spacial score (nSPS) is 14.6. The zero-order valence-electron chi connectivity index (χ0n) is 29.2. The van der Waals surface area contributed by atoms with Crippen LogP contribution in [0.15, 0.2) is 77.3 Å². The summed E-state index contributed by atoms with van der Waals surface area (Å²) >= 11 is 0. The van der Waals surface area contributed by atoms with Gasteiger partial charge in [0.1, 0.15) is 30.5 Å². The van der Waals surface area contributed by atoms with Crippen LogP contribution in [-0.2, 0) is 14.3 Å². The van der Waals surface area contributed by atoms with Crippen molar-refractivity contribution in [2.75, 3.05) is 26.4 Å². The molecule has 1 heterocycles. The molecule has 1 unspecified atom stereocenters. The first-order chi connectivity index (χ1) is 22.9. The van der Waals surface area contributed by atoms with Gasteiger partial charge in [-0.15, -0.1) is 0 Å². The summed E-state index contributed by atoms with van der Waals surface area (Å²) in [6.07, 6.45) is 8.92. The van der Waals surface area contributed by atoms with E-state index in [1.807, 2.05) is 44.2 Å². The second-order valence-electron chi connectivity index (χ2n) is 12.0. The highest BCUT2D eigenvalue weighted by Gasteiger charge is 2.41. The summed E-state index contributed by atoms with van der Waals surface area (Å²) in [6.45, 7) is 14.6. The molecule has 0 saturated carbocycles. The third-order valence-corrected chi connectivity index (χ3v) is 7.66. The number of carbonyl (C=O) groups is 4. The molecule has 1 aliphatic heterocycles. The van der Waals surface area contributed by atoms with Crippen LogP contribution < -0.4 is 9.47 Å². The zero-order valence-corrected chi connectivity index (χ0v) is 29.2. The number of rotatable bonds is 19. The fraction of sp³-hybridized carbons (Fsp3) is 0.410. The fourth-order valence-corrected chi connectivity index (χ4v) is 5.10. The van der Waals surface area contributed by atoms with Gasteiger partial charge in [0.25, 0.3) is 11.8 Å². The van der Waals surface area contributed by atoms with E-state index in [1.165, 1.54) is 19.1 Å². The summed E-state index contributed by atoms with van der Waals surface area (Å²) in [7, 11) is 0. The minimum atomic E-state index is -0.978. The Balaban J connectivity index is 1.44. The number of carbonyl (C=O) groups excluding carboxylic acids is 4. The van der Waals surface area contributed by atoms with Gasteiger partial charge in [-0.25, -0.2) is 0 Å². The molecule has 0 fully saturated rings. The number of imide groups is 1. The van der Waals surface area contributed by atoms with Crippen molar-refractivity contribution in [3.8, 4) is 11.5 Å². The zero-order chi connectivity index (χ0) is 35.2. The Hall–Kier alpha value is -4.63. The van der Waals surface area contributed by atoms with E-state index in [-0.39, 0.29) is 42.1 Å². The van der Waals surface area contributed by atoms with Gasteiger partial charge in [-0.1, -0.05) is 39.0 Å². The lowest BCUT2D eigenvalue weighted by atomic mass is 10.0. The highest BCUT2D eigenvalue weighted by Crippen LogP contribution is 2.30. The summed E-state index contributed by atoms with van der Waals surface area (Å²) in [6, 6.07) is 11.4. The molecular weight excluding hydrogens is 608 g/mol. The number of Topliss-reactive ketones (excluding diaryl/α,β-unsaturated/α-hetero) is 2. The van der Waals surface area contributed by atoms with Gasteiger partial charge in [0.2, 0.25) is 0 Å². The first-order valence-corrected chi connectivity index (χ1v) is 16.5. The van der Waals surface area contributed by atoms with Gasteiger partial charge in [0.15, 0.2) is 5.78 Å². The molecular formula is C39H48N2O7. The van der Waals surface area contributed by atoms with Crippen molar-refractivity contribution >= 4 is 34.8 Å². The summed E-state index contributed by atoms with van der Waals surface area (Å²) in [5.74, 6) is 0.167. The average molecular weight is 657 g/mol. The Kier molecular flexibility index (Phi) is 14.7. The molecule has 2 aromatic rings. The van der Waals surface area contributed by atoms with Crippen LogP contribution in [0.3, 0.4) is 0 Å². The lowest BCUT2D eigenvalue weighted by Crippen LogP contribution is -2.44. The van der Waals surface area contributed by atoms with E-state index >= 15 is 0 Å². The first-order valence-electron chi connectivity index (χ1n) is 16.5. The van der Waals surface area contributed by atoms with Crippen LogP contribution in [0.5, 0.6) is 11.5 Å². The van der Waals surface area contributed by atoms with Crippen molar-refractivity contribution in [1.29, 1.82) is 0 Å². The van der Waals surface area contributed by atoms with Gasteiger partial charge in [-0.05, 0) is 94.1 Å². The third-order valence-electron chi connectivity index (χ3n) is 7.66. The SMILES string of the molecule is C\C=C(/N=C(C)/C=C(C)\C=C/C(C)C)c1ccc(OCCOCCOc2ccc3c(c2)C(=O)N(C(CCC(=O)CC)C(C)=O)C3=O)cc1. The van der Waals surface area contributed by atoms with Crippen LogP contribution in [0.4, 0.5) is 0 Å². The van der Waals surface area contributed by atoms with Crippen molar-refractivity contribution in [2.45, 2.75) is 73.8 Å². The van der Waals surface area contributed by atoms with Crippen LogP contribution in [-0.4, -0.2) is 66.5 Å². The number of benzene rings is 2. The molecule has 3 rings (SSSR count). The van der Waals surface area contributed by atoms with Gasteiger partial charge < -0.3 is 14.2 Å². The number of ether oxygens (including phenoxy) is 3. The summed E-state index contributed by atoms with van der Waals surface area (Å²) in [5.41, 5.74) is 4.35. The van der Waals surface area contributed by atoms with Crippen LogP contribution in [0.25, 0.3) is 5.70 Å². The average Bonchev–Trinajstić information content (AvgIpc) is 3.30. The minimum absolute atomic E-state index is 0.0271. The number of ketones is 2. The van der Waals surface area contributed by atoms with Crippen molar-refractivity contribution in [2.24, 2.45) is 10.9 Å². The van der Waals surface area contributed by atoms with E-state index in [9.17, 15) is 19.2 Å². The summed E-state index contributed by atoms with van der Waals surface area (Å²) in [4.78, 5) is 56.0. The van der Waals surface area contributed by atoms with Gasteiger partial charge in [-0.2, -0.15) is 0 Å². The smallest absolute Gasteiger partial charge is 0.262 e. The molecule has 2 amide bonds. The molecule has 0 spiro atoms. The number of allylic oxidation sites excluding steroid dienone is 5. The minimum Gasteiger partial charge on any atom is -0.491 e. The van der Waals surface area contributed by atoms with E-state index in [2.05, 4.69) is 39.0 Å². The van der Waals surface area contributed by atoms with Crippen LogP contribution in [0.1, 0.15) is 94.0 Å². The van der Waals surface area contributed by atoms with Crippen molar-refractivity contribution < 1.29 is 33.4 Å². The maximum atomic E-state index is 13.1. The molecule has 256 valence electrons. The van der Waals surface area contributed by atoms with E-state index in [0.29, 0.717) is 37.9 Å². The second-order valence-corrected chi connectivity index (χ2v) is 12.0. The topological polar surface area (TPSA) is 112 Å². The number of amides is 2. The standard InChI is InChI=1S/C39H48N2O7/c1-8-31(43)14-19-37(29(7)42)41-38(44)34-18-17-33(25-35(34)39(41)45)48-23-21-46-20-22-47-32-15-12-30(13-16-32)36(9-2)40-28(6)24-27(5)11-10-26(3)4/h9-13,15-18,24-26,37H,8,14,19-23H2,1-7H3/b11-10-,27-24-,36-9-,40-28+. The molecule has 1 atom stereocenters. The molecule has 1 aliphatic rings. The molecule has 0 saturated heterocycles. The van der Waals surface area contributed by atoms with Crippen LogP contribution in [0.2, 0.25) is 0 Å². The van der Waals surface area contributed by atoms with E-state index in [4.69, 9.17) is 19.2 Å². The number of fused-ring (bicyclic) bond motifs is 1. The fourth-order valence-electron chi connectivity index (χ4n) is 5.10. The molecule has 9 heteroatoms. The number of aliphatic imine (C=N–C) groups is 1. The molecule has 0 bridgehead atoms. The predicted octanol–water partition coefficient (Wildman–Crippen LogP) is 7.45. The number of nitrogens with zero attached hydrogens (tertiary/aromatic N) is 2. The highest BCUT2D eigenvalue weighted by atomic mass is 16.5. The largest absolute Gasteiger partial charge is 0.491 e. The lowest BCUT2D eigenvalue weighted by Gasteiger charge is -2.23. The lowest BCUT2D eigenvalue weighted by molar-refractivity contribution is -0.122. The third kappa shape index (κ3) is 11.0. The van der Waals surface area contributed by atoms with Crippen molar-refractivity contribution in [3.05, 3.63) is 89.0 Å². The highest BCUT2D eigenvalue weighted by molar-refractivity contribution is 6.23. The van der Waals surface area contributed by atoms with E-state index in [1.54, 1.807) is 13.0 Å². The van der Waals surface area contributed by atoms with Crippen molar-refractivity contribution in [1.82, 2.24) is 4.90 Å². The molecule has 48 heavy (non-hydrogen) atoms. The maximum absolute atomic E-state index is 13.1.